The first-order valence-electron chi connectivity index (χ1n) is 5.75. The summed E-state index contributed by atoms with van der Waals surface area (Å²) < 4.78 is 1.67. The molecular formula is C14H14N2O3. The largest absolute Gasteiger partial charge is 0.478 e. The normalized spacial score (nSPS) is 10.2. The molecule has 19 heavy (non-hydrogen) atoms. The van der Waals surface area contributed by atoms with Gasteiger partial charge < -0.3 is 15.0 Å². The molecule has 5 heteroatoms. The van der Waals surface area contributed by atoms with E-state index in [0.717, 1.165) is 5.56 Å². The molecule has 0 saturated carbocycles. The molecule has 2 rings (SSSR count). The number of nitrogens with one attached hydrogen (secondary N) is 1. The zero-order chi connectivity index (χ0) is 14.0. The van der Waals surface area contributed by atoms with Gasteiger partial charge in [0.15, 0.2) is 0 Å². The van der Waals surface area contributed by atoms with Crippen LogP contribution < -0.4 is 5.32 Å². The molecule has 0 radical (unpaired) electrons. The summed E-state index contributed by atoms with van der Waals surface area (Å²) in [6.07, 6.45) is 1.75. The zero-order valence-electron chi connectivity index (χ0n) is 10.7. The van der Waals surface area contributed by atoms with Crippen LogP contribution in [0.4, 0.5) is 5.69 Å². The molecule has 0 fully saturated rings. The van der Waals surface area contributed by atoms with E-state index < -0.39 is 5.97 Å². The van der Waals surface area contributed by atoms with Crippen molar-refractivity contribution in [2.24, 2.45) is 7.05 Å². The Hall–Kier alpha value is -2.56. The number of anilines is 1. The van der Waals surface area contributed by atoms with E-state index in [0.29, 0.717) is 11.4 Å². The topological polar surface area (TPSA) is 71.3 Å². The number of aromatic nitrogens is 1. The Labute approximate surface area is 110 Å². The molecule has 5 nitrogen and oxygen atoms in total. The van der Waals surface area contributed by atoms with Gasteiger partial charge >= 0.3 is 5.97 Å². The number of rotatable bonds is 3. The van der Waals surface area contributed by atoms with Crippen LogP contribution in [0.15, 0.2) is 36.5 Å². The minimum absolute atomic E-state index is 0.0857. The van der Waals surface area contributed by atoms with Crippen molar-refractivity contribution in [3.8, 4) is 0 Å². The number of nitrogens with zero attached hydrogens (tertiary/aromatic N) is 1. The monoisotopic (exact) mass is 258 g/mol. The fourth-order valence-electron chi connectivity index (χ4n) is 1.83. The number of hydrogen-bond acceptors (Lipinski definition) is 2. The number of amides is 1. The number of carbonyl (C=O) groups is 2. The Bertz CT molecular complexity index is 644. The summed E-state index contributed by atoms with van der Waals surface area (Å²) in [7, 11) is 1.75. The molecule has 2 aromatic rings. The first kappa shape index (κ1) is 12.9. The van der Waals surface area contributed by atoms with E-state index in [1.807, 2.05) is 0 Å². The fraction of sp³-hybridized carbons (Fsp3) is 0.143. The van der Waals surface area contributed by atoms with Crippen LogP contribution in [0.5, 0.6) is 0 Å². The number of carbonyl (C=O) groups excluding carboxylic acids is 1. The SMILES string of the molecule is Cc1ccc(NC(=O)c2cccn2C)c(C(=O)O)c1. The van der Waals surface area contributed by atoms with Crippen LogP contribution in [0.3, 0.4) is 0 Å². The highest BCUT2D eigenvalue weighted by Crippen LogP contribution is 2.18. The molecule has 1 heterocycles. The molecule has 98 valence electrons. The molecule has 2 N–H and O–H groups in total. The predicted molar refractivity (Wildman–Crippen MR) is 71.5 cm³/mol. The van der Waals surface area contributed by atoms with Crippen molar-refractivity contribution in [2.75, 3.05) is 5.32 Å². The van der Waals surface area contributed by atoms with E-state index in [9.17, 15) is 9.59 Å². The predicted octanol–water partition coefficient (Wildman–Crippen LogP) is 2.28. The minimum atomic E-state index is -1.06. The van der Waals surface area contributed by atoms with Crippen LogP contribution >= 0.6 is 0 Å². The van der Waals surface area contributed by atoms with E-state index >= 15 is 0 Å². The first-order valence-corrected chi connectivity index (χ1v) is 5.75. The summed E-state index contributed by atoms with van der Waals surface area (Å²) in [5.74, 6) is -1.40. The van der Waals surface area contributed by atoms with Gasteiger partial charge in [0, 0.05) is 13.2 Å². The van der Waals surface area contributed by atoms with Crippen LogP contribution in [-0.2, 0) is 7.05 Å². The van der Waals surface area contributed by atoms with Crippen molar-refractivity contribution < 1.29 is 14.7 Å². The van der Waals surface area contributed by atoms with Gasteiger partial charge in [-0.25, -0.2) is 4.79 Å². The molecule has 1 aromatic heterocycles. The summed E-state index contributed by atoms with van der Waals surface area (Å²) in [6, 6.07) is 8.31. The lowest BCUT2D eigenvalue weighted by molar-refractivity contribution is 0.0698. The summed E-state index contributed by atoms with van der Waals surface area (Å²) in [6.45, 7) is 1.80. The van der Waals surface area contributed by atoms with Crippen molar-refractivity contribution >= 4 is 17.6 Å². The first-order chi connectivity index (χ1) is 8.99. The highest BCUT2D eigenvalue weighted by atomic mass is 16.4. The van der Waals surface area contributed by atoms with Gasteiger partial charge in [0.25, 0.3) is 5.91 Å². The fourth-order valence-corrected chi connectivity index (χ4v) is 1.83. The minimum Gasteiger partial charge on any atom is -0.478 e. The smallest absolute Gasteiger partial charge is 0.337 e. The maximum Gasteiger partial charge on any atom is 0.337 e. The van der Waals surface area contributed by atoms with E-state index in [2.05, 4.69) is 5.32 Å². The lowest BCUT2D eigenvalue weighted by Crippen LogP contribution is -2.17. The second-order valence-corrected chi connectivity index (χ2v) is 4.31. The van der Waals surface area contributed by atoms with Gasteiger partial charge in [0.2, 0.25) is 0 Å². The maximum atomic E-state index is 12.0. The third-order valence-corrected chi connectivity index (χ3v) is 2.83. The molecule has 1 amide bonds. The highest BCUT2D eigenvalue weighted by Gasteiger charge is 2.15. The van der Waals surface area contributed by atoms with E-state index in [4.69, 9.17) is 5.11 Å². The second kappa shape index (κ2) is 4.97. The Kier molecular flexibility index (Phi) is 3.37. The Morgan fingerprint density at radius 2 is 2.00 bits per heavy atom. The van der Waals surface area contributed by atoms with Crippen molar-refractivity contribution in [3.05, 3.63) is 53.3 Å². The number of benzene rings is 1. The van der Waals surface area contributed by atoms with Gasteiger partial charge in [-0.05, 0) is 31.2 Å². The van der Waals surface area contributed by atoms with Crippen LogP contribution in [0, 0.1) is 6.92 Å². The summed E-state index contributed by atoms with van der Waals surface area (Å²) in [5.41, 5.74) is 1.68. The van der Waals surface area contributed by atoms with Crippen molar-refractivity contribution in [2.45, 2.75) is 6.92 Å². The van der Waals surface area contributed by atoms with Gasteiger partial charge in [-0.3, -0.25) is 4.79 Å². The summed E-state index contributed by atoms with van der Waals surface area (Å²) in [5, 5.41) is 11.8. The van der Waals surface area contributed by atoms with Gasteiger partial charge in [0.1, 0.15) is 5.69 Å². The Morgan fingerprint density at radius 1 is 1.26 bits per heavy atom. The van der Waals surface area contributed by atoms with Crippen molar-refractivity contribution in [3.63, 3.8) is 0 Å². The van der Waals surface area contributed by atoms with E-state index in [-0.39, 0.29) is 11.5 Å². The van der Waals surface area contributed by atoms with Crippen molar-refractivity contribution in [1.82, 2.24) is 4.57 Å². The van der Waals surface area contributed by atoms with Crippen LogP contribution in [0.25, 0.3) is 0 Å². The van der Waals surface area contributed by atoms with Gasteiger partial charge in [0.05, 0.1) is 11.3 Å². The van der Waals surface area contributed by atoms with E-state index in [1.165, 1.54) is 6.07 Å². The molecule has 0 aliphatic carbocycles. The van der Waals surface area contributed by atoms with E-state index in [1.54, 1.807) is 49.0 Å². The van der Waals surface area contributed by atoms with Gasteiger partial charge in [-0.15, -0.1) is 0 Å². The molecule has 0 bridgehead atoms. The Balaban J connectivity index is 2.32. The van der Waals surface area contributed by atoms with Crippen LogP contribution in [0.2, 0.25) is 0 Å². The molecule has 0 unspecified atom stereocenters. The lowest BCUT2D eigenvalue weighted by Gasteiger charge is -2.09. The number of carboxylic acids is 1. The summed E-state index contributed by atoms with van der Waals surface area (Å²) in [4.78, 5) is 23.2. The second-order valence-electron chi connectivity index (χ2n) is 4.31. The third kappa shape index (κ3) is 2.65. The highest BCUT2D eigenvalue weighted by molar-refractivity contribution is 6.07. The Morgan fingerprint density at radius 3 is 2.58 bits per heavy atom. The molecular weight excluding hydrogens is 244 g/mol. The maximum absolute atomic E-state index is 12.0. The average molecular weight is 258 g/mol. The molecule has 0 aliphatic rings. The number of carboxylic acid groups (broad SMARTS) is 1. The van der Waals surface area contributed by atoms with Crippen molar-refractivity contribution in [1.29, 1.82) is 0 Å². The van der Waals surface area contributed by atoms with Crippen LogP contribution in [-0.4, -0.2) is 21.6 Å². The lowest BCUT2D eigenvalue weighted by atomic mass is 10.1. The molecule has 1 aromatic carbocycles. The summed E-state index contributed by atoms with van der Waals surface area (Å²) >= 11 is 0. The quantitative estimate of drug-likeness (QED) is 0.887. The van der Waals surface area contributed by atoms with Gasteiger partial charge in [-0.2, -0.15) is 0 Å². The van der Waals surface area contributed by atoms with Crippen LogP contribution in [0.1, 0.15) is 26.4 Å². The number of aromatic carboxylic acids is 1. The molecule has 0 spiro atoms. The number of aryl methyl sites for hydroxylation is 2. The zero-order valence-corrected chi connectivity index (χ0v) is 10.7. The van der Waals surface area contributed by atoms with Gasteiger partial charge in [-0.1, -0.05) is 11.6 Å². The third-order valence-electron chi connectivity index (χ3n) is 2.83. The average Bonchev–Trinajstić information content (AvgIpc) is 2.77. The number of hydrogen-bond donors (Lipinski definition) is 2. The molecule has 0 atom stereocenters. The molecule has 0 aliphatic heterocycles. The molecule has 0 saturated heterocycles. The standard InChI is InChI=1S/C14H14N2O3/c1-9-5-6-11(10(8-9)14(18)19)15-13(17)12-4-3-7-16(12)2/h3-8H,1-2H3,(H,15,17)(H,18,19).